The molecule has 0 unspecified atom stereocenters. The van der Waals surface area contributed by atoms with Gasteiger partial charge in [-0.3, -0.25) is 0 Å². The first-order valence-corrected chi connectivity index (χ1v) is 6.91. The van der Waals surface area contributed by atoms with E-state index in [0.717, 1.165) is 48.0 Å². The summed E-state index contributed by atoms with van der Waals surface area (Å²) < 4.78 is 5.95. The molecule has 96 valence electrons. The Kier molecular flexibility index (Phi) is 2.90. The average molecular weight is 244 g/mol. The molecule has 2 nitrogen and oxygen atoms in total. The van der Waals surface area contributed by atoms with Crippen LogP contribution in [0.1, 0.15) is 49.8 Å². The molecule has 2 heteroatoms. The molecule has 1 aliphatic rings. The quantitative estimate of drug-likeness (QED) is 0.759. The van der Waals surface area contributed by atoms with Gasteiger partial charge in [-0.2, -0.15) is 0 Å². The van der Waals surface area contributed by atoms with Crippen molar-refractivity contribution in [2.75, 3.05) is 0 Å². The molecule has 1 N–H and O–H groups in total. The first-order chi connectivity index (χ1) is 8.69. The van der Waals surface area contributed by atoms with E-state index in [1.807, 2.05) is 25.1 Å². The van der Waals surface area contributed by atoms with Crippen LogP contribution < -0.4 is 0 Å². The van der Waals surface area contributed by atoms with Gasteiger partial charge in [0.25, 0.3) is 0 Å². The summed E-state index contributed by atoms with van der Waals surface area (Å²) in [6, 6.07) is 8.16. The highest BCUT2D eigenvalue weighted by Gasteiger charge is 2.33. The lowest BCUT2D eigenvalue weighted by Crippen LogP contribution is -2.23. The highest BCUT2D eigenvalue weighted by molar-refractivity contribution is 5.81. The number of hydrogen-bond donors (Lipinski definition) is 1. The van der Waals surface area contributed by atoms with Crippen LogP contribution in [0.15, 0.2) is 28.7 Å². The van der Waals surface area contributed by atoms with Crippen molar-refractivity contribution in [2.24, 2.45) is 0 Å². The third-order valence-electron chi connectivity index (χ3n) is 4.13. The van der Waals surface area contributed by atoms with E-state index in [1.54, 1.807) is 0 Å². The number of rotatable bonds is 1. The largest absolute Gasteiger partial charge is 0.458 e. The molecule has 0 atom stereocenters. The average Bonchev–Trinajstić information content (AvgIpc) is 2.69. The van der Waals surface area contributed by atoms with Gasteiger partial charge in [-0.25, -0.2) is 0 Å². The van der Waals surface area contributed by atoms with E-state index in [1.165, 1.54) is 12.8 Å². The Morgan fingerprint density at radius 3 is 2.50 bits per heavy atom. The van der Waals surface area contributed by atoms with Crippen LogP contribution in [0.2, 0.25) is 0 Å². The van der Waals surface area contributed by atoms with Gasteiger partial charge in [0.05, 0.1) is 0 Å². The van der Waals surface area contributed by atoms with Crippen molar-refractivity contribution in [1.29, 1.82) is 0 Å². The highest BCUT2D eigenvalue weighted by Crippen LogP contribution is 2.38. The summed E-state index contributed by atoms with van der Waals surface area (Å²) in [4.78, 5) is 0. The van der Waals surface area contributed by atoms with Crippen LogP contribution in [0, 0.1) is 6.92 Å². The summed E-state index contributed by atoms with van der Waals surface area (Å²) >= 11 is 0. The Hall–Kier alpha value is -1.28. The van der Waals surface area contributed by atoms with Crippen molar-refractivity contribution in [2.45, 2.75) is 51.0 Å². The maximum atomic E-state index is 10.8. The molecule has 1 saturated carbocycles. The van der Waals surface area contributed by atoms with Crippen molar-refractivity contribution in [1.82, 2.24) is 0 Å². The lowest BCUT2D eigenvalue weighted by molar-refractivity contribution is 0.00114. The molecule has 1 aromatic heterocycles. The molecule has 3 rings (SSSR count). The van der Waals surface area contributed by atoms with Gasteiger partial charge in [-0.05, 0) is 31.4 Å². The number of aryl methyl sites for hydroxylation is 1. The van der Waals surface area contributed by atoms with E-state index in [4.69, 9.17) is 4.42 Å². The van der Waals surface area contributed by atoms with E-state index in [9.17, 15) is 5.11 Å². The summed E-state index contributed by atoms with van der Waals surface area (Å²) in [5, 5.41) is 11.9. The predicted molar refractivity (Wildman–Crippen MR) is 72.5 cm³/mol. The standard InChI is InChI=1S/C16H20O2/c1-12-7-6-8-13-11-14(18-15(12)13)16(17)9-4-2-3-5-10-16/h6-8,11,17H,2-5,9-10H2,1H3. The third kappa shape index (κ3) is 1.95. The fraction of sp³-hybridized carbons (Fsp3) is 0.500. The minimum atomic E-state index is -0.748. The zero-order valence-electron chi connectivity index (χ0n) is 10.9. The smallest absolute Gasteiger partial charge is 0.137 e. The van der Waals surface area contributed by atoms with Gasteiger partial charge in [-0.1, -0.05) is 43.9 Å². The van der Waals surface area contributed by atoms with Gasteiger partial charge < -0.3 is 9.52 Å². The van der Waals surface area contributed by atoms with E-state index in [0.29, 0.717) is 0 Å². The number of aliphatic hydroxyl groups is 1. The van der Waals surface area contributed by atoms with Crippen LogP contribution in [-0.2, 0) is 5.60 Å². The number of furan rings is 1. The second-order valence-corrected chi connectivity index (χ2v) is 5.55. The maximum absolute atomic E-state index is 10.8. The monoisotopic (exact) mass is 244 g/mol. The molecule has 0 aliphatic heterocycles. The van der Waals surface area contributed by atoms with E-state index in [2.05, 4.69) is 6.07 Å². The fourth-order valence-corrected chi connectivity index (χ4v) is 3.00. The molecule has 0 spiro atoms. The summed E-state index contributed by atoms with van der Waals surface area (Å²) in [5.74, 6) is 0.758. The number of para-hydroxylation sites is 1. The van der Waals surface area contributed by atoms with Gasteiger partial charge in [0.1, 0.15) is 16.9 Å². The highest BCUT2D eigenvalue weighted by atomic mass is 16.4. The van der Waals surface area contributed by atoms with Crippen molar-refractivity contribution in [3.63, 3.8) is 0 Å². The zero-order chi connectivity index (χ0) is 12.6. The summed E-state index contributed by atoms with van der Waals surface area (Å²) in [7, 11) is 0. The van der Waals surface area contributed by atoms with Gasteiger partial charge in [-0.15, -0.1) is 0 Å². The number of fused-ring (bicyclic) bond motifs is 1. The SMILES string of the molecule is Cc1cccc2cc(C3(O)CCCCCC3)oc12. The molecule has 0 radical (unpaired) electrons. The minimum absolute atomic E-state index is 0.748. The Bertz CT molecular complexity index is 545. The summed E-state index contributed by atoms with van der Waals surface area (Å²) in [5.41, 5.74) is 1.31. The Morgan fingerprint density at radius 1 is 1.11 bits per heavy atom. The lowest BCUT2D eigenvalue weighted by Gasteiger charge is -2.23. The minimum Gasteiger partial charge on any atom is -0.458 e. The summed E-state index contributed by atoms with van der Waals surface area (Å²) in [6.07, 6.45) is 6.28. The van der Waals surface area contributed by atoms with Gasteiger partial charge in [0.15, 0.2) is 0 Å². The van der Waals surface area contributed by atoms with Crippen LogP contribution in [0.5, 0.6) is 0 Å². The molecule has 1 heterocycles. The number of hydrogen-bond acceptors (Lipinski definition) is 2. The first kappa shape index (κ1) is 11.8. The third-order valence-corrected chi connectivity index (χ3v) is 4.13. The van der Waals surface area contributed by atoms with Gasteiger partial charge in [0, 0.05) is 5.39 Å². The van der Waals surface area contributed by atoms with Crippen LogP contribution in [0.4, 0.5) is 0 Å². The van der Waals surface area contributed by atoms with E-state index < -0.39 is 5.60 Å². The van der Waals surface area contributed by atoms with E-state index >= 15 is 0 Å². The molecular formula is C16H20O2. The first-order valence-electron chi connectivity index (χ1n) is 6.91. The number of benzene rings is 1. The molecule has 1 aromatic carbocycles. The normalized spacial score (nSPS) is 19.9. The Labute approximate surface area is 108 Å². The van der Waals surface area contributed by atoms with Crippen molar-refractivity contribution in [3.8, 4) is 0 Å². The molecule has 0 bridgehead atoms. The van der Waals surface area contributed by atoms with Crippen LogP contribution in [0.3, 0.4) is 0 Å². The maximum Gasteiger partial charge on any atom is 0.137 e. The Balaban J connectivity index is 2.05. The van der Waals surface area contributed by atoms with Gasteiger partial charge in [0.2, 0.25) is 0 Å². The van der Waals surface area contributed by atoms with E-state index in [-0.39, 0.29) is 0 Å². The molecule has 1 fully saturated rings. The van der Waals surface area contributed by atoms with Crippen LogP contribution in [-0.4, -0.2) is 5.11 Å². The Morgan fingerprint density at radius 2 is 1.83 bits per heavy atom. The zero-order valence-corrected chi connectivity index (χ0v) is 10.9. The molecule has 0 amide bonds. The topological polar surface area (TPSA) is 33.4 Å². The summed E-state index contributed by atoms with van der Waals surface area (Å²) in [6.45, 7) is 2.05. The molecule has 1 aliphatic carbocycles. The van der Waals surface area contributed by atoms with Crippen molar-refractivity contribution < 1.29 is 9.52 Å². The van der Waals surface area contributed by atoms with Crippen molar-refractivity contribution >= 4 is 11.0 Å². The molecular weight excluding hydrogens is 224 g/mol. The molecule has 2 aromatic rings. The van der Waals surface area contributed by atoms with Gasteiger partial charge >= 0.3 is 0 Å². The second-order valence-electron chi connectivity index (χ2n) is 5.55. The lowest BCUT2D eigenvalue weighted by atomic mass is 9.91. The molecule has 0 saturated heterocycles. The second kappa shape index (κ2) is 4.43. The predicted octanol–water partition coefficient (Wildman–Crippen LogP) is 4.28. The van der Waals surface area contributed by atoms with Crippen molar-refractivity contribution in [3.05, 3.63) is 35.6 Å². The van der Waals surface area contributed by atoms with Crippen LogP contribution in [0.25, 0.3) is 11.0 Å². The van der Waals surface area contributed by atoms with Crippen LogP contribution >= 0.6 is 0 Å². The fourth-order valence-electron chi connectivity index (χ4n) is 3.00. The molecule has 18 heavy (non-hydrogen) atoms.